The van der Waals surface area contributed by atoms with E-state index in [1.807, 2.05) is 42.5 Å². The van der Waals surface area contributed by atoms with Crippen molar-refractivity contribution in [2.24, 2.45) is 5.92 Å². The first-order valence-corrected chi connectivity index (χ1v) is 9.76. The summed E-state index contributed by atoms with van der Waals surface area (Å²) in [6, 6.07) is 16.3. The standard InChI is InChI=1S/C22H26N4O3/c1-23-20(27)14-16-9-11-19(12-10-16)24-21(28)17-6-5-13-26(15-17)22(29)25-18-7-3-2-4-8-18/h2-4,7-12,17H,5-6,13-15H2,1H3,(H,23,27)(H,24,28)(H,25,29). The fourth-order valence-electron chi connectivity index (χ4n) is 3.32. The number of carbonyl (C=O) groups excluding carboxylic acids is 3. The van der Waals surface area contributed by atoms with Crippen molar-refractivity contribution in [3.8, 4) is 0 Å². The molecule has 4 amide bonds. The number of carbonyl (C=O) groups is 3. The number of hydrogen-bond donors (Lipinski definition) is 3. The van der Waals surface area contributed by atoms with Crippen LogP contribution < -0.4 is 16.0 Å². The third-order valence-corrected chi connectivity index (χ3v) is 4.97. The van der Waals surface area contributed by atoms with Crippen LogP contribution in [0.25, 0.3) is 0 Å². The monoisotopic (exact) mass is 394 g/mol. The van der Waals surface area contributed by atoms with E-state index >= 15 is 0 Å². The molecule has 1 heterocycles. The number of rotatable bonds is 5. The number of para-hydroxylation sites is 1. The van der Waals surface area contributed by atoms with Gasteiger partial charge in [-0.05, 0) is 42.7 Å². The number of likely N-dealkylation sites (N-methyl/N-ethyl adjacent to an activating group) is 1. The van der Waals surface area contributed by atoms with E-state index in [0.717, 1.165) is 24.1 Å². The number of urea groups is 1. The molecular formula is C22H26N4O3. The van der Waals surface area contributed by atoms with Gasteiger partial charge >= 0.3 is 6.03 Å². The van der Waals surface area contributed by atoms with Gasteiger partial charge in [0.15, 0.2) is 0 Å². The normalized spacial score (nSPS) is 16.0. The summed E-state index contributed by atoms with van der Waals surface area (Å²) in [6.07, 6.45) is 1.83. The Morgan fingerprint density at radius 3 is 2.34 bits per heavy atom. The van der Waals surface area contributed by atoms with E-state index in [1.54, 1.807) is 24.1 Å². The number of nitrogens with one attached hydrogen (secondary N) is 3. The van der Waals surface area contributed by atoms with Crippen molar-refractivity contribution in [1.29, 1.82) is 0 Å². The Balaban J connectivity index is 1.54. The SMILES string of the molecule is CNC(=O)Cc1ccc(NC(=O)C2CCCN(C(=O)Nc3ccccc3)C2)cc1. The molecule has 0 saturated carbocycles. The van der Waals surface area contributed by atoms with E-state index in [0.29, 0.717) is 25.2 Å². The summed E-state index contributed by atoms with van der Waals surface area (Å²) in [5.74, 6) is -0.407. The second kappa shape index (κ2) is 9.73. The predicted octanol–water partition coefficient (Wildman–Crippen LogP) is 2.86. The summed E-state index contributed by atoms with van der Waals surface area (Å²) >= 11 is 0. The molecule has 2 aromatic carbocycles. The van der Waals surface area contributed by atoms with E-state index in [-0.39, 0.29) is 23.8 Å². The van der Waals surface area contributed by atoms with Crippen molar-refractivity contribution in [2.45, 2.75) is 19.3 Å². The van der Waals surface area contributed by atoms with Gasteiger partial charge in [0.1, 0.15) is 0 Å². The molecule has 1 unspecified atom stereocenters. The molecule has 152 valence electrons. The second-order valence-corrected chi connectivity index (χ2v) is 7.12. The molecule has 1 aliphatic rings. The molecule has 1 saturated heterocycles. The quantitative estimate of drug-likeness (QED) is 0.728. The first kappa shape index (κ1) is 20.4. The van der Waals surface area contributed by atoms with Crippen LogP contribution in [-0.2, 0) is 16.0 Å². The number of likely N-dealkylation sites (tertiary alicyclic amines) is 1. The van der Waals surface area contributed by atoms with Crippen molar-refractivity contribution in [2.75, 3.05) is 30.8 Å². The largest absolute Gasteiger partial charge is 0.359 e. The highest BCUT2D eigenvalue weighted by atomic mass is 16.2. The molecule has 7 heteroatoms. The average Bonchev–Trinajstić information content (AvgIpc) is 2.75. The fraction of sp³-hybridized carbons (Fsp3) is 0.318. The maximum atomic E-state index is 12.7. The zero-order valence-electron chi connectivity index (χ0n) is 16.5. The van der Waals surface area contributed by atoms with Crippen LogP contribution in [0.2, 0.25) is 0 Å². The van der Waals surface area contributed by atoms with Gasteiger partial charge < -0.3 is 20.9 Å². The molecule has 0 aliphatic carbocycles. The van der Waals surface area contributed by atoms with Crippen LogP contribution in [0.3, 0.4) is 0 Å². The molecule has 1 fully saturated rings. The highest BCUT2D eigenvalue weighted by molar-refractivity contribution is 5.94. The van der Waals surface area contributed by atoms with E-state index in [9.17, 15) is 14.4 Å². The minimum absolute atomic E-state index is 0.0575. The van der Waals surface area contributed by atoms with Gasteiger partial charge in [-0.1, -0.05) is 30.3 Å². The summed E-state index contributed by atoms with van der Waals surface area (Å²) in [4.78, 5) is 38.3. The summed E-state index contributed by atoms with van der Waals surface area (Å²) < 4.78 is 0. The molecular weight excluding hydrogens is 368 g/mol. The molecule has 1 atom stereocenters. The number of nitrogens with zero attached hydrogens (tertiary/aromatic N) is 1. The van der Waals surface area contributed by atoms with Crippen LogP contribution >= 0.6 is 0 Å². The van der Waals surface area contributed by atoms with Crippen LogP contribution in [0.4, 0.5) is 16.2 Å². The topological polar surface area (TPSA) is 90.5 Å². The van der Waals surface area contributed by atoms with Gasteiger partial charge in [-0.3, -0.25) is 9.59 Å². The van der Waals surface area contributed by atoms with Crippen LogP contribution in [0.15, 0.2) is 54.6 Å². The molecule has 1 aliphatic heterocycles. The van der Waals surface area contributed by atoms with Crippen molar-refractivity contribution in [1.82, 2.24) is 10.2 Å². The minimum Gasteiger partial charge on any atom is -0.359 e. The van der Waals surface area contributed by atoms with Crippen molar-refractivity contribution < 1.29 is 14.4 Å². The molecule has 29 heavy (non-hydrogen) atoms. The first-order valence-electron chi connectivity index (χ1n) is 9.76. The fourth-order valence-corrected chi connectivity index (χ4v) is 3.32. The lowest BCUT2D eigenvalue weighted by Gasteiger charge is -2.32. The Morgan fingerprint density at radius 1 is 0.966 bits per heavy atom. The Labute approximate surface area is 170 Å². The summed E-state index contributed by atoms with van der Waals surface area (Å²) in [7, 11) is 1.60. The second-order valence-electron chi connectivity index (χ2n) is 7.12. The number of hydrogen-bond acceptors (Lipinski definition) is 3. The van der Waals surface area contributed by atoms with E-state index in [2.05, 4.69) is 16.0 Å². The highest BCUT2D eigenvalue weighted by Gasteiger charge is 2.28. The molecule has 3 rings (SSSR count). The Morgan fingerprint density at radius 2 is 1.66 bits per heavy atom. The van der Waals surface area contributed by atoms with Crippen LogP contribution in [0.5, 0.6) is 0 Å². The lowest BCUT2D eigenvalue weighted by Crippen LogP contribution is -2.45. The van der Waals surface area contributed by atoms with Crippen molar-refractivity contribution in [3.63, 3.8) is 0 Å². The third kappa shape index (κ3) is 5.81. The highest BCUT2D eigenvalue weighted by Crippen LogP contribution is 2.20. The summed E-state index contributed by atoms with van der Waals surface area (Å²) in [5.41, 5.74) is 2.30. The molecule has 0 aromatic heterocycles. The average molecular weight is 394 g/mol. The van der Waals surface area contributed by atoms with Gasteiger partial charge in [-0.25, -0.2) is 4.79 Å². The van der Waals surface area contributed by atoms with Gasteiger partial charge in [0, 0.05) is 31.5 Å². The van der Waals surface area contributed by atoms with Crippen LogP contribution in [-0.4, -0.2) is 42.9 Å². The molecule has 3 N–H and O–H groups in total. The molecule has 7 nitrogen and oxygen atoms in total. The van der Waals surface area contributed by atoms with E-state index in [4.69, 9.17) is 0 Å². The smallest absolute Gasteiger partial charge is 0.321 e. The van der Waals surface area contributed by atoms with Crippen molar-refractivity contribution >= 4 is 29.2 Å². The maximum absolute atomic E-state index is 12.7. The minimum atomic E-state index is -0.254. The zero-order valence-corrected chi connectivity index (χ0v) is 16.5. The zero-order chi connectivity index (χ0) is 20.6. The van der Waals surface area contributed by atoms with Crippen LogP contribution in [0, 0.1) is 5.92 Å². The Kier molecular flexibility index (Phi) is 6.84. The van der Waals surface area contributed by atoms with Crippen LogP contribution in [0.1, 0.15) is 18.4 Å². The summed E-state index contributed by atoms with van der Waals surface area (Å²) in [6.45, 7) is 1.02. The number of benzene rings is 2. The van der Waals surface area contributed by atoms with Gasteiger partial charge in [-0.15, -0.1) is 0 Å². The van der Waals surface area contributed by atoms with E-state index in [1.165, 1.54) is 0 Å². The van der Waals surface area contributed by atoms with E-state index < -0.39 is 0 Å². The predicted molar refractivity (Wildman–Crippen MR) is 113 cm³/mol. The number of anilines is 2. The Hall–Kier alpha value is -3.35. The summed E-state index contributed by atoms with van der Waals surface area (Å²) in [5, 5.41) is 8.37. The first-order chi connectivity index (χ1) is 14.0. The third-order valence-electron chi connectivity index (χ3n) is 4.97. The molecule has 0 radical (unpaired) electrons. The van der Waals surface area contributed by atoms with Gasteiger partial charge in [0.25, 0.3) is 0 Å². The van der Waals surface area contributed by atoms with Gasteiger partial charge in [0.05, 0.1) is 12.3 Å². The molecule has 0 spiro atoms. The maximum Gasteiger partial charge on any atom is 0.321 e. The number of piperidine rings is 1. The number of amides is 4. The lowest BCUT2D eigenvalue weighted by atomic mass is 9.97. The molecule has 2 aromatic rings. The van der Waals surface area contributed by atoms with Gasteiger partial charge in [0.2, 0.25) is 11.8 Å². The van der Waals surface area contributed by atoms with Crippen molar-refractivity contribution in [3.05, 3.63) is 60.2 Å². The molecule has 0 bridgehead atoms. The lowest BCUT2D eigenvalue weighted by molar-refractivity contribution is -0.121. The Bertz CT molecular complexity index is 852. The van der Waals surface area contributed by atoms with Gasteiger partial charge in [-0.2, -0.15) is 0 Å².